The molecule has 1 aliphatic carbocycles. The van der Waals surface area contributed by atoms with Gasteiger partial charge in [0.05, 0.1) is 27.6 Å². The molecular formula is C28H37ClN4O5S. The standard InChI is InChI=1S/C28H37ClN4O5S/c1-6-7-19(35)13-38-20-8-9-23(29)22(10-20)26-31-25(24(17(3)30)18(4)34)16(2)27(32-26)33-14-28(15-33)11-21(12-28)39(5,36)37/h8-10,19,21,35H,6-7,11-15,30H2,1-5H3/t19-/m1/s1. The molecule has 1 saturated carbocycles. The van der Waals surface area contributed by atoms with Crippen molar-refractivity contribution in [2.45, 2.75) is 64.7 Å². The Kier molecular flexibility index (Phi) is 8.31. The largest absolute Gasteiger partial charge is 0.491 e. The summed E-state index contributed by atoms with van der Waals surface area (Å²) in [6, 6.07) is 5.14. The predicted octanol–water partition coefficient (Wildman–Crippen LogP) is 3.94. The maximum Gasteiger partial charge on any atom is 0.163 e. The second kappa shape index (κ2) is 11.1. The van der Waals surface area contributed by atoms with Gasteiger partial charge in [0.2, 0.25) is 0 Å². The van der Waals surface area contributed by atoms with Gasteiger partial charge >= 0.3 is 0 Å². The number of anilines is 1. The second-order valence-electron chi connectivity index (χ2n) is 11.1. The number of benzene rings is 1. The Labute approximate surface area is 235 Å². The monoisotopic (exact) mass is 576 g/mol. The van der Waals surface area contributed by atoms with Crippen molar-refractivity contribution < 1.29 is 23.1 Å². The summed E-state index contributed by atoms with van der Waals surface area (Å²) in [6.07, 6.45) is 3.48. The van der Waals surface area contributed by atoms with E-state index in [2.05, 4.69) is 4.90 Å². The molecule has 1 saturated heterocycles. The van der Waals surface area contributed by atoms with Crippen LogP contribution >= 0.6 is 11.6 Å². The van der Waals surface area contributed by atoms with E-state index in [-0.39, 0.29) is 23.1 Å². The maximum atomic E-state index is 12.6. The SMILES string of the molecule is CCC[C@@H](O)COc1ccc(Cl)c(-c2nc(C(C(C)=O)=C(C)N)c(C)c(N3CC4(CC(S(C)(=O)=O)C4)C3)n2)c1. The molecule has 212 valence electrons. The fourth-order valence-electron chi connectivity index (χ4n) is 5.56. The zero-order chi connectivity index (χ0) is 28.7. The van der Waals surface area contributed by atoms with Gasteiger partial charge in [-0.15, -0.1) is 0 Å². The number of carbonyl (C=O) groups is 1. The topological polar surface area (TPSA) is 136 Å². The van der Waals surface area contributed by atoms with Gasteiger partial charge in [-0.1, -0.05) is 24.9 Å². The molecule has 39 heavy (non-hydrogen) atoms. The minimum absolute atomic E-state index is 0.0424. The molecule has 3 N–H and O–H groups in total. The number of ether oxygens (including phenoxy) is 1. The molecule has 0 bridgehead atoms. The number of sulfone groups is 1. The molecule has 2 aliphatic rings. The summed E-state index contributed by atoms with van der Waals surface area (Å²) >= 11 is 6.60. The molecule has 1 atom stereocenters. The molecule has 1 aromatic heterocycles. The number of aliphatic hydroxyl groups is 1. The minimum Gasteiger partial charge on any atom is -0.491 e. The number of nitrogens with two attached hydrogens (primary N) is 1. The highest BCUT2D eigenvalue weighted by atomic mass is 35.5. The number of allylic oxidation sites excluding steroid dienone is 2. The van der Waals surface area contributed by atoms with E-state index in [1.165, 1.54) is 13.2 Å². The molecule has 2 heterocycles. The van der Waals surface area contributed by atoms with Gasteiger partial charge in [0.15, 0.2) is 11.6 Å². The summed E-state index contributed by atoms with van der Waals surface area (Å²) < 4.78 is 29.7. The van der Waals surface area contributed by atoms with Crippen LogP contribution in [0.4, 0.5) is 5.82 Å². The number of hydrogen-bond donors (Lipinski definition) is 2. The third-order valence-electron chi connectivity index (χ3n) is 7.63. The molecule has 2 fully saturated rings. The summed E-state index contributed by atoms with van der Waals surface area (Å²) in [6.45, 7) is 8.46. The number of nitrogens with zero attached hydrogens (tertiary/aromatic N) is 3. The van der Waals surface area contributed by atoms with Crippen LogP contribution < -0.4 is 15.4 Å². The quantitative estimate of drug-likeness (QED) is 0.403. The smallest absolute Gasteiger partial charge is 0.163 e. The molecule has 1 aromatic carbocycles. The van der Waals surface area contributed by atoms with Gasteiger partial charge in [-0.25, -0.2) is 18.4 Å². The van der Waals surface area contributed by atoms with E-state index in [1.54, 1.807) is 25.1 Å². The first-order chi connectivity index (χ1) is 18.2. The van der Waals surface area contributed by atoms with Crippen LogP contribution in [0.25, 0.3) is 17.0 Å². The van der Waals surface area contributed by atoms with Gasteiger partial charge in [0.1, 0.15) is 28.0 Å². The molecule has 1 spiro atoms. The van der Waals surface area contributed by atoms with Crippen molar-refractivity contribution in [2.24, 2.45) is 11.1 Å². The number of ketones is 1. The molecule has 1 aliphatic heterocycles. The fourth-order valence-corrected chi connectivity index (χ4v) is 7.08. The lowest BCUT2D eigenvalue weighted by atomic mass is 9.63. The number of Topliss-reactive ketones (excluding diaryl/α,β-unsaturated/α-hetero) is 1. The Morgan fingerprint density at radius 3 is 2.51 bits per heavy atom. The number of aliphatic hydroxyl groups excluding tert-OH is 1. The molecule has 0 unspecified atom stereocenters. The molecule has 0 amide bonds. The fraction of sp³-hybridized carbons (Fsp3) is 0.536. The van der Waals surface area contributed by atoms with Crippen LogP contribution in [0, 0.1) is 12.3 Å². The van der Waals surface area contributed by atoms with Crippen molar-refractivity contribution in [2.75, 3.05) is 30.9 Å². The van der Waals surface area contributed by atoms with E-state index >= 15 is 0 Å². The van der Waals surface area contributed by atoms with Crippen molar-refractivity contribution in [3.63, 3.8) is 0 Å². The lowest BCUT2D eigenvalue weighted by Crippen LogP contribution is -2.65. The van der Waals surface area contributed by atoms with Gasteiger partial charge in [0, 0.05) is 41.6 Å². The maximum absolute atomic E-state index is 12.6. The lowest BCUT2D eigenvalue weighted by Gasteiger charge is -2.59. The zero-order valence-electron chi connectivity index (χ0n) is 23.1. The Bertz CT molecular complexity index is 1410. The Morgan fingerprint density at radius 1 is 1.28 bits per heavy atom. The van der Waals surface area contributed by atoms with Crippen molar-refractivity contribution in [1.29, 1.82) is 0 Å². The van der Waals surface area contributed by atoms with Crippen molar-refractivity contribution in [1.82, 2.24) is 9.97 Å². The average Bonchev–Trinajstić information content (AvgIpc) is 2.77. The molecule has 0 radical (unpaired) electrons. The number of hydrogen-bond acceptors (Lipinski definition) is 9. The van der Waals surface area contributed by atoms with Crippen molar-refractivity contribution in [3.8, 4) is 17.1 Å². The van der Waals surface area contributed by atoms with Crippen LogP contribution in [0.5, 0.6) is 5.75 Å². The minimum atomic E-state index is -3.05. The predicted molar refractivity (Wildman–Crippen MR) is 154 cm³/mol. The normalized spacial score (nSPS) is 18.3. The van der Waals surface area contributed by atoms with Crippen LogP contribution in [0.3, 0.4) is 0 Å². The van der Waals surface area contributed by atoms with Crippen LogP contribution in [0.1, 0.15) is 57.7 Å². The first kappa shape index (κ1) is 29.3. The number of rotatable bonds is 10. The highest BCUT2D eigenvalue weighted by Gasteiger charge is 2.55. The summed E-state index contributed by atoms with van der Waals surface area (Å²) in [7, 11) is -3.05. The van der Waals surface area contributed by atoms with Crippen LogP contribution in [0.15, 0.2) is 23.9 Å². The Balaban J connectivity index is 1.72. The van der Waals surface area contributed by atoms with Crippen molar-refractivity contribution in [3.05, 3.63) is 40.2 Å². The van der Waals surface area contributed by atoms with E-state index in [9.17, 15) is 18.3 Å². The van der Waals surface area contributed by atoms with Gasteiger partial charge < -0.3 is 20.5 Å². The summed E-state index contributed by atoms with van der Waals surface area (Å²) in [5.41, 5.74) is 8.44. The molecule has 2 aromatic rings. The highest BCUT2D eigenvalue weighted by molar-refractivity contribution is 7.91. The number of aromatic nitrogens is 2. The number of carbonyl (C=O) groups excluding carboxylic acids is 1. The van der Waals surface area contributed by atoms with E-state index in [0.717, 1.165) is 6.42 Å². The van der Waals surface area contributed by atoms with E-state index in [4.69, 9.17) is 32.0 Å². The van der Waals surface area contributed by atoms with Crippen molar-refractivity contribution >= 4 is 38.6 Å². The Hall–Kier alpha value is -2.69. The van der Waals surface area contributed by atoms with E-state index in [1.807, 2.05) is 13.8 Å². The van der Waals surface area contributed by atoms with Crippen LogP contribution in [-0.4, -0.2) is 66.6 Å². The van der Waals surface area contributed by atoms with Crippen LogP contribution in [-0.2, 0) is 14.6 Å². The molecule has 4 rings (SSSR count). The number of halogens is 1. The molecule has 11 heteroatoms. The van der Waals surface area contributed by atoms with E-state index < -0.39 is 15.9 Å². The second-order valence-corrected chi connectivity index (χ2v) is 13.8. The third kappa shape index (κ3) is 6.07. The summed E-state index contributed by atoms with van der Waals surface area (Å²) in [5, 5.41) is 10.2. The molecular weight excluding hydrogens is 540 g/mol. The van der Waals surface area contributed by atoms with Gasteiger partial charge in [0.25, 0.3) is 0 Å². The summed E-state index contributed by atoms with van der Waals surface area (Å²) in [5.74, 6) is 1.28. The lowest BCUT2D eigenvalue weighted by molar-refractivity contribution is -0.111. The third-order valence-corrected chi connectivity index (χ3v) is 9.50. The van der Waals surface area contributed by atoms with Gasteiger partial charge in [-0.05, 0) is 58.2 Å². The first-order valence-corrected chi connectivity index (χ1v) is 15.5. The first-order valence-electron chi connectivity index (χ1n) is 13.2. The van der Waals surface area contributed by atoms with E-state index in [0.29, 0.717) is 82.9 Å². The van der Waals surface area contributed by atoms with Gasteiger partial charge in [-0.3, -0.25) is 4.79 Å². The van der Waals surface area contributed by atoms with Crippen LogP contribution in [0.2, 0.25) is 5.02 Å². The summed E-state index contributed by atoms with van der Waals surface area (Å²) in [4.78, 5) is 24.4. The average molecular weight is 577 g/mol. The zero-order valence-corrected chi connectivity index (χ0v) is 24.7. The Morgan fingerprint density at radius 2 is 1.95 bits per heavy atom. The molecule has 9 nitrogen and oxygen atoms in total. The highest BCUT2D eigenvalue weighted by Crippen LogP contribution is 2.52. The van der Waals surface area contributed by atoms with Gasteiger partial charge in [-0.2, -0.15) is 0 Å².